The molecule has 2 aromatic heterocycles. The van der Waals surface area contributed by atoms with Crippen LogP contribution in [0.2, 0.25) is 0 Å². The van der Waals surface area contributed by atoms with Crippen molar-refractivity contribution in [1.82, 2.24) is 19.7 Å². The third-order valence-corrected chi connectivity index (χ3v) is 5.30. The van der Waals surface area contributed by atoms with E-state index in [0.29, 0.717) is 6.54 Å². The van der Waals surface area contributed by atoms with Gasteiger partial charge in [-0.3, -0.25) is 4.79 Å². The van der Waals surface area contributed by atoms with E-state index in [9.17, 15) is 4.79 Å². The van der Waals surface area contributed by atoms with Crippen molar-refractivity contribution in [1.29, 1.82) is 0 Å². The van der Waals surface area contributed by atoms with Crippen LogP contribution >= 0.6 is 27.3 Å². The lowest BCUT2D eigenvalue weighted by Gasteiger charge is -2.23. The molecule has 0 radical (unpaired) electrons. The van der Waals surface area contributed by atoms with Crippen molar-refractivity contribution in [2.75, 3.05) is 34.2 Å². The Bertz CT molecular complexity index is 739. The maximum absolute atomic E-state index is 11.9. The van der Waals surface area contributed by atoms with Crippen molar-refractivity contribution in [3.63, 3.8) is 0 Å². The molecule has 1 amide bonds. The Labute approximate surface area is 167 Å². The average Bonchev–Trinajstić information content (AvgIpc) is 3.20. The Morgan fingerprint density at radius 3 is 2.73 bits per heavy atom. The number of hydrogen-bond acceptors (Lipinski definition) is 3. The zero-order chi connectivity index (χ0) is 19.1. The van der Waals surface area contributed by atoms with E-state index in [2.05, 4.69) is 54.4 Å². The molecule has 142 valence electrons. The number of nitrogens with one attached hydrogen (secondary N) is 1. The number of aliphatic imine (C=N–C) groups is 1. The molecule has 1 N–H and O–H groups in total. The van der Waals surface area contributed by atoms with Gasteiger partial charge in [0.1, 0.15) is 6.54 Å². The molecule has 0 aliphatic rings. The molecule has 0 aliphatic heterocycles. The number of likely N-dealkylation sites (N-methyl/N-ethyl adjacent to an activating group) is 1. The SMILES string of the molecule is CN(C)C(=O)CN=C(NCCc1cccs1)N(C)Cc1cc(Br)cn1C. The van der Waals surface area contributed by atoms with E-state index in [4.69, 9.17) is 0 Å². The van der Waals surface area contributed by atoms with Crippen LogP contribution in [0.3, 0.4) is 0 Å². The van der Waals surface area contributed by atoms with Crippen molar-refractivity contribution in [3.05, 3.63) is 44.8 Å². The minimum Gasteiger partial charge on any atom is -0.356 e. The summed E-state index contributed by atoms with van der Waals surface area (Å²) in [5, 5.41) is 5.47. The fourth-order valence-corrected chi connectivity index (χ4v) is 3.67. The lowest BCUT2D eigenvalue weighted by molar-refractivity contribution is -0.127. The van der Waals surface area contributed by atoms with Crippen molar-refractivity contribution in [2.45, 2.75) is 13.0 Å². The van der Waals surface area contributed by atoms with E-state index in [-0.39, 0.29) is 12.5 Å². The van der Waals surface area contributed by atoms with Gasteiger partial charge in [-0.15, -0.1) is 11.3 Å². The third-order valence-electron chi connectivity index (χ3n) is 3.93. The highest BCUT2D eigenvalue weighted by Gasteiger charge is 2.12. The highest BCUT2D eigenvalue weighted by molar-refractivity contribution is 9.10. The van der Waals surface area contributed by atoms with Gasteiger partial charge in [0.05, 0.1) is 6.54 Å². The van der Waals surface area contributed by atoms with Gasteiger partial charge in [-0.05, 0) is 39.9 Å². The van der Waals surface area contributed by atoms with Gasteiger partial charge >= 0.3 is 0 Å². The molecule has 8 heteroatoms. The molecule has 0 unspecified atom stereocenters. The van der Waals surface area contributed by atoms with Gasteiger partial charge < -0.3 is 19.7 Å². The van der Waals surface area contributed by atoms with Crippen LogP contribution in [0, 0.1) is 0 Å². The molecule has 0 saturated heterocycles. The summed E-state index contributed by atoms with van der Waals surface area (Å²) in [5.41, 5.74) is 1.16. The smallest absolute Gasteiger partial charge is 0.243 e. The zero-order valence-electron chi connectivity index (χ0n) is 15.7. The third kappa shape index (κ3) is 6.17. The molecule has 0 aliphatic carbocycles. The maximum Gasteiger partial charge on any atom is 0.243 e. The number of guanidine groups is 1. The van der Waals surface area contributed by atoms with Crippen LogP contribution in [0.4, 0.5) is 0 Å². The lowest BCUT2D eigenvalue weighted by Crippen LogP contribution is -2.40. The molecule has 6 nitrogen and oxygen atoms in total. The minimum atomic E-state index is -0.0161. The quantitative estimate of drug-likeness (QED) is 0.532. The number of aromatic nitrogens is 1. The van der Waals surface area contributed by atoms with Gasteiger partial charge in [-0.1, -0.05) is 6.07 Å². The second kappa shape index (κ2) is 9.78. The molecule has 0 atom stereocenters. The molecule has 2 rings (SSSR count). The number of hydrogen-bond donors (Lipinski definition) is 1. The molecular formula is C18H26BrN5OS. The van der Waals surface area contributed by atoms with Crippen LogP contribution in [-0.4, -0.2) is 60.5 Å². The van der Waals surface area contributed by atoms with Crippen LogP contribution < -0.4 is 5.32 Å². The highest BCUT2D eigenvalue weighted by atomic mass is 79.9. The summed E-state index contributed by atoms with van der Waals surface area (Å²) >= 11 is 5.26. The van der Waals surface area contributed by atoms with Crippen LogP contribution in [0.1, 0.15) is 10.6 Å². The Balaban J connectivity index is 2.03. The van der Waals surface area contributed by atoms with Crippen molar-refractivity contribution in [2.24, 2.45) is 12.0 Å². The number of carbonyl (C=O) groups excluding carboxylic acids is 1. The molecule has 2 heterocycles. The zero-order valence-corrected chi connectivity index (χ0v) is 18.1. The molecule has 0 bridgehead atoms. The van der Waals surface area contributed by atoms with E-state index in [0.717, 1.165) is 29.1 Å². The molecule has 0 saturated carbocycles. The summed E-state index contributed by atoms with van der Waals surface area (Å²) in [7, 11) is 7.49. The molecule has 0 aromatic carbocycles. The summed E-state index contributed by atoms with van der Waals surface area (Å²) in [6, 6.07) is 6.28. The molecule has 0 spiro atoms. The fourth-order valence-electron chi connectivity index (χ4n) is 2.39. The molecule has 0 fully saturated rings. The van der Waals surface area contributed by atoms with Crippen LogP contribution in [0.25, 0.3) is 0 Å². The van der Waals surface area contributed by atoms with Gasteiger partial charge in [-0.2, -0.15) is 0 Å². The van der Waals surface area contributed by atoms with Gasteiger partial charge in [0, 0.05) is 56.0 Å². The molecule has 2 aromatic rings. The van der Waals surface area contributed by atoms with E-state index in [1.54, 1.807) is 30.3 Å². The Kier molecular flexibility index (Phi) is 7.71. The largest absolute Gasteiger partial charge is 0.356 e. The first-order chi connectivity index (χ1) is 12.4. The van der Waals surface area contributed by atoms with E-state index in [1.165, 1.54) is 4.88 Å². The number of aryl methyl sites for hydroxylation is 1. The first kappa shape index (κ1) is 20.5. The number of amides is 1. The van der Waals surface area contributed by atoms with E-state index >= 15 is 0 Å². The topological polar surface area (TPSA) is 52.9 Å². The van der Waals surface area contributed by atoms with Crippen LogP contribution in [-0.2, 0) is 24.8 Å². The van der Waals surface area contributed by atoms with Crippen molar-refractivity contribution < 1.29 is 4.79 Å². The highest BCUT2D eigenvalue weighted by Crippen LogP contribution is 2.15. The second-order valence-corrected chi connectivity index (χ2v) is 8.25. The van der Waals surface area contributed by atoms with Gasteiger partial charge in [-0.25, -0.2) is 4.99 Å². The predicted octanol–water partition coefficient (Wildman–Crippen LogP) is 2.56. The summed E-state index contributed by atoms with van der Waals surface area (Å²) in [6.45, 7) is 1.61. The van der Waals surface area contributed by atoms with Crippen LogP contribution in [0.5, 0.6) is 0 Å². The predicted molar refractivity (Wildman–Crippen MR) is 112 cm³/mol. The summed E-state index contributed by atoms with van der Waals surface area (Å²) in [4.78, 5) is 21.4. The standard InChI is InChI=1S/C18H26BrN5OS/c1-22(2)17(25)11-21-18(20-8-7-16-6-5-9-26-16)24(4)13-15-10-14(19)12-23(15)3/h5-6,9-10,12H,7-8,11,13H2,1-4H3,(H,20,21). The van der Waals surface area contributed by atoms with Crippen molar-refractivity contribution in [3.8, 4) is 0 Å². The fraction of sp³-hybridized carbons (Fsp3) is 0.444. The molecular weight excluding hydrogens is 414 g/mol. The monoisotopic (exact) mass is 439 g/mol. The van der Waals surface area contributed by atoms with Crippen LogP contribution in [0.15, 0.2) is 39.2 Å². The normalized spacial score (nSPS) is 11.5. The van der Waals surface area contributed by atoms with Gasteiger partial charge in [0.2, 0.25) is 5.91 Å². The Morgan fingerprint density at radius 1 is 1.38 bits per heavy atom. The van der Waals surface area contributed by atoms with E-state index in [1.807, 2.05) is 25.2 Å². The first-order valence-corrected chi connectivity index (χ1v) is 10.1. The number of nitrogens with zero attached hydrogens (tertiary/aromatic N) is 4. The number of thiophene rings is 1. The first-order valence-electron chi connectivity index (χ1n) is 8.39. The lowest BCUT2D eigenvalue weighted by atomic mass is 10.3. The summed E-state index contributed by atoms with van der Waals surface area (Å²) in [6.07, 6.45) is 2.96. The maximum atomic E-state index is 11.9. The Hall–Kier alpha value is -1.80. The Morgan fingerprint density at radius 2 is 2.15 bits per heavy atom. The minimum absolute atomic E-state index is 0.0161. The number of rotatable bonds is 7. The van der Waals surface area contributed by atoms with Gasteiger partial charge in [0.25, 0.3) is 0 Å². The molecule has 26 heavy (non-hydrogen) atoms. The average molecular weight is 440 g/mol. The summed E-state index contributed by atoms with van der Waals surface area (Å²) < 4.78 is 3.13. The summed E-state index contributed by atoms with van der Waals surface area (Å²) in [5.74, 6) is 0.714. The second-order valence-electron chi connectivity index (χ2n) is 6.30. The van der Waals surface area contributed by atoms with Gasteiger partial charge in [0.15, 0.2) is 5.96 Å². The number of carbonyl (C=O) groups is 1. The van der Waals surface area contributed by atoms with Crippen molar-refractivity contribution >= 4 is 39.1 Å². The van der Waals surface area contributed by atoms with E-state index < -0.39 is 0 Å². The number of halogens is 1.